The van der Waals surface area contributed by atoms with Crippen LogP contribution in [-0.2, 0) is 4.79 Å². The third-order valence-electron chi connectivity index (χ3n) is 4.69. The summed E-state index contributed by atoms with van der Waals surface area (Å²) in [5, 5.41) is 3.34. The van der Waals surface area contributed by atoms with Crippen LogP contribution in [0.15, 0.2) is 42.1 Å². The minimum absolute atomic E-state index is 0.221. The van der Waals surface area contributed by atoms with E-state index < -0.39 is 0 Å². The summed E-state index contributed by atoms with van der Waals surface area (Å²) >= 11 is 5.40. The van der Waals surface area contributed by atoms with Crippen LogP contribution in [0.3, 0.4) is 0 Å². The van der Waals surface area contributed by atoms with Gasteiger partial charge in [-0.1, -0.05) is 26.0 Å². The number of carbonyl (C=O) groups excluding carboxylic acids is 1. The number of hydrogen-bond acceptors (Lipinski definition) is 5. The molecule has 0 radical (unpaired) electrons. The van der Waals surface area contributed by atoms with Gasteiger partial charge < -0.3 is 19.5 Å². The van der Waals surface area contributed by atoms with Crippen molar-refractivity contribution in [1.82, 2.24) is 5.32 Å². The summed E-state index contributed by atoms with van der Waals surface area (Å²) in [6.07, 6.45) is 1.71. The van der Waals surface area contributed by atoms with Crippen molar-refractivity contribution < 1.29 is 19.0 Å². The highest BCUT2D eigenvalue weighted by atomic mass is 32.1. The Morgan fingerprint density at radius 1 is 1.00 bits per heavy atom. The van der Waals surface area contributed by atoms with E-state index in [-0.39, 0.29) is 5.91 Å². The number of amides is 1. The number of methoxy groups -OCH3 is 3. The summed E-state index contributed by atoms with van der Waals surface area (Å²) < 4.78 is 16.1. The Balaban J connectivity index is 1.94. The van der Waals surface area contributed by atoms with Gasteiger partial charge in [0.15, 0.2) is 16.6 Å². The average molecular weight is 413 g/mol. The molecule has 1 amide bonds. The fraction of sp³-hybridized carbons (Fsp3) is 0.273. The number of benzene rings is 2. The molecule has 152 valence electrons. The standard InChI is InChI=1S/C22H24N2O4S/c1-13(2)15-6-8-16(9-7-15)24-21(25)17(23-22(24)29)10-14-11-18(26-3)20(28-5)19(12-14)27-4/h6-13H,1-5H3,(H,23,29)/b17-10-. The molecule has 0 spiro atoms. The summed E-state index contributed by atoms with van der Waals surface area (Å²) in [6, 6.07) is 11.4. The number of nitrogens with one attached hydrogen (secondary N) is 1. The van der Waals surface area contributed by atoms with Crippen LogP contribution in [0.4, 0.5) is 5.69 Å². The topological polar surface area (TPSA) is 60.0 Å². The molecule has 0 unspecified atom stereocenters. The predicted octanol–water partition coefficient (Wildman–Crippen LogP) is 4.10. The van der Waals surface area contributed by atoms with Gasteiger partial charge >= 0.3 is 0 Å². The molecule has 0 bridgehead atoms. The van der Waals surface area contributed by atoms with E-state index in [1.807, 2.05) is 24.3 Å². The molecule has 1 aliphatic rings. The average Bonchev–Trinajstić information content (AvgIpc) is 3.00. The number of hydrogen-bond donors (Lipinski definition) is 1. The first-order valence-electron chi connectivity index (χ1n) is 9.16. The zero-order valence-corrected chi connectivity index (χ0v) is 17.9. The summed E-state index contributed by atoms with van der Waals surface area (Å²) in [4.78, 5) is 14.5. The van der Waals surface area contributed by atoms with Crippen molar-refractivity contribution in [3.8, 4) is 17.2 Å². The molecule has 3 rings (SSSR count). The molecule has 1 saturated heterocycles. The van der Waals surface area contributed by atoms with Crippen LogP contribution in [0.1, 0.15) is 30.9 Å². The molecular formula is C22H24N2O4S. The van der Waals surface area contributed by atoms with E-state index in [1.54, 1.807) is 39.5 Å². The third kappa shape index (κ3) is 4.05. The summed E-state index contributed by atoms with van der Waals surface area (Å²) in [5.41, 5.74) is 3.02. The smallest absolute Gasteiger partial charge is 0.281 e. The highest BCUT2D eigenvalue weighted by molar-refractivity contribution is 7.80. The van der Waals surface area contributed by atoms with E-state index in [1.165, 1.54) is 10.5 Å². The van der Waals surface area contributed by atoms with Gasteiger partial charge in [-0.2, -0.15) is 0 Å². The lowest BCUT2D eigenvalue weighted by Crippen LogP contribution is -2.30. The zero-order valence-electron chi connectivity index (χ0n) is 17.1. The van der Waals surface area contributed by atoms with E-state index in [0.29, 0.717) is 34.0 Å². The van der Waals surface area contributed by atoms with Crippen molar-refractivity contribution in [1.29, 1.82) is 0 Å². The molecule has 0 saturated carbocycles. The molecule has 1 N–H and O–H groups in total. The van der Waals surface area contributed by atoms with Crippen LogP contribution >= 0.6 is 12.2 Å². The quantitative estimate of drug-likeness (QED) is 0.569. The maximum atomic E-state index is 13.0. The lowest BCUT2D eigenvalue weighted by atomic mass is 10.0. The summed E-state index contributed by atoms with van der Waals surface area (Å²) in [6.45, 7) is 4.25. The Kier molecular flexibility index (Phi) is 6.08. The molecule has 0 atom stereocenters. The maximum absolute atomic E-state index is 13.0. The number of thiocarbonyl (C=S) groups is 1. The first-order valence-corrected chi connectivity index (χ1v) is 9.57. The Morgan fingerprint density at radius 3 is 2.07 bits per heavy atom. The van der Waals surface area contributed by atoms with Gasteiger partial charge in [-0.25, -0.2) is 0 Å². The van der Waals surface area contributed by atoms with Crippen LogP contribution in [0.5, 0.6) is 17.2 Å². The molecule has 29 heavy (non-hydrogen) atoms. The van der Waals surface area contributed by atoms with E-state index in [0.717, 1.165) is 11.3 Å². The van der Waals surface area contributed by atoms with Gasteiger partial charge in [-0.15, -0.1) is 0 Å². The van der Waals surface area contributed by atoms with Crippen molar-refractivity contribution in [2.75, 3.05) is 26.2 Å². The minimum Gasteiger partial charge on any atom is -0.493 e. The number of nitrogens with zero attached hydrogens (tertiary/aromatic N) is 1. The molecule has 7 heteroatoms. The van der Waals surface area contributed by atoms with Crippen LogP contribution in [-0.4, -0.2) is 32.3 Å². The number of ether oxygens (including phenoxy) is 3. The second-order valence-electron chi connectivity index (χ2n) is 6.83. The van der Waals surface area contributed by atoms with Gasteiger partial charge in [0.25, 0.3) is 5.91 Å². The lowest BCUT2D eigenvalue weighted by molar-refractivity contribution is -0.113. The SMILES string of the molecule is COc1cc(/C=C2\NC(=S)N(c3ccc(C(C)C)cc3)C2=O)cc(OC)c1OC. The highest BCUT2D eigenvalue weighted by Gasteiger charge is 2.32. The molecule has 1 heterocycles. The van der Waals surface area contributed by atoms with Gasteiger partial charge in [0.1, 0.15) is 5.70 Å². The highest BCUT2D eigenvalue weighted by Crippen LogP contribution is 2.39. The van der Waals surface area contributed by atoms with Crippen LogP contribution in [0, 0.1) is 0 Å². The lowest BCUT2D eigenvalue weighted by Gasteiger charge is -2.15. The molecule has 1 fully saturated rings. The van der Waals surface area contributed by atoms with Gasteiger partial charge in [-0.3, -0.25) is 9.69 Å². The summed E-state index contributed by atoms with van der Waals surface area (Å²) in [7, 11) is 4.64. The second kappa shape index (κ2) is 8.53. The zero-order chi connectivity index (χ0) is 21.1. The van der Waals surface area contributed by atoms with Gasteiger partial charge in [0.2, 0.25) is 5.75 Å². The Labute approximate surface area is 176 Å². The summed E-state index contributed by atoms with van der Waals surface area (Å²) in [5.74, 6) is 1.70. The molecular weight excluding hydrogens is 388 g/mol. The van der Waals surface area contributed by atoms with Crippen LogP contribution < -0.4 is 24.4 Å². The van der Waals surface area contributed by atoms with E-state index in [9.17, 15) is 4.79 Å². The first-order chi connectivity index (χ1) is 13.9. The molecule has 0 aromatic heterocycles. The molecule has 1 aliphatic heterocycles. The van der Waals surface area contributed by atoms with Gasteiger partial charge in [0, 0.05) is 0 Å². The molecule has 6 nitrogen and oxygen atoms in total. The predicted molar refractivity (Wildman–Crippen MR) is 118 cm³/mol. The largest absolute Gasteiger partial charge is 0.493 e. The van der Waals surface area contributed by atoms with Crippen molar-refractivity contribution in [2.24, 2.45) is 0 Å². The van der Waals surface area contributed by atoms with Crippen molar-refractivity contribution in [2.45, 2.75) is 19.8 Å². The van der Waals surface area contributed by atoms with Crippen LogP contribution in [0.2, 0.25) is 0 Å². The normalized spacial score (nSPS) is 15.1. The first kappa shape index (κ1) is 20.7. The van der Waals surface area contributed by atoms with E-state index >= 15 is 0 Å². The Hall–Kier alpha value is -3.06. The number of carbonyl (C=O) groups is 1. The van der Waals surface area contributed by atoms with Crippen molar-refractivity contribution in [3.05, 3.63) is 53.2 Å². The minimum atomic E-state index is -0.221. The molecule has 2 aromatic carbocycles. The molecule has 0 aliphatic carbocycles. The number of anilines is 1. The maximum Gasteiger partial charge on any atom is 0.281 e. The van der Waals surface area contributed by atoms with E-state index in [2.05, 4.69) is 19.2 Å². The monoisotopic (exact) mass is 412 g/mol. The fourth-order valence-corrected chi connectivity index (χ4v) is 3.43. The van der Waals surface area contributed by atoms with Gasteiger partial charge in [-0.05, 0) is 59.6 Å². The Morgan fingerprint density at radius 2 is 1.59 bits per heavy atom. The van der Waals surface area contributed by atoms with Gasteiger partial charge in [0.05, 0.1) is 27.0 Å². The second-order valence-corrected chi connectivity index (χ2v) is 7.22. The fourth-order valence-electron chi connectivity index (χ4n) is 3.13. The van der Waals surface area contributed by atoms with Crippen molar-refractivity contribution in [3.63, 3.8) is 0 Å². The van der Waals surface area contributed by atoms with Crippen LogP contribution in [0.25, 0.3) is 6.08 Å². The molecule has 2 aromatic rings. The Bertz CT molecular complexity index is 942. The third-order valence-corrected chi connectivity index (χ3v) is 4.98. The van der Waals surface area contributed by atoms with Crippen molar-refractivity contribution >= 4 is 35.0 Å². The van der Waals surface area contributed by atoms with E-state index in [4.69, 9.17) is 26.4 Å². The number of rotatable bonds is 6.